The molecule has 1 aliphatic heterocycles. The molecule has 1 aliphatic carbocycles. The fourth-order valence-electron chi connectivity index (χ4n) is 4.19. The number of hydrogen-bond donors (Lipinski definition) is 2. The maximum atomic E-state index is 14.9. The van der Waals surface area contributed by atoms with Crippen LogP contribution in [0.4, 0.5) is 4.39 Å². The van der Waals surface area contributed by atoms with Crippen molar-refractivity contribution in [3.8, 4) is 11.6 Å². The highest BCUT2D eigenvalue weighted by Gasteiger charge is 2.56. The molecule has 2 heterocycles. The first-order chi connectivity index (χ1) is 12.4. The molecule has 2 aromatic rings. The SMILES string of the molecule is COc1nccc2c1C[C@]1(c3cc(O)ccc3F)N=C(N)SC[C@]1(C)C2. The molecule has 1 aromatic carbocycles. The Balaban J connectivity index is 2.01. The molecule has 0 fully saturated rings. The summed E-state index contributed by atoms with van der Waals surface area (Å²) < 4.78 is 20.3. The molecule has 136 valence electrons. The van der Waals surface area contributed by atoms with Crippen LogP contribution in [0.15, 0.2) is 35.5 Å². The van der Waals surface area contributed by atoms with E-state index >= 15 is 0 Å². The Bertz CT molecular complexity index is 920. The van der Waals surface area contributed by atoms with Crippen LogP contribution in [0, 0.1) is 11.2 Å². The van der Waals surface area contributed by atoms with Gasteiger partial charge in [-0.2, -0.15) is 0 Å². The molecule has 2 atom stereocenters. The van der Waals surface area contributed by atoms with Crippen LogP contribution in [0.25, 0.3) is 0 Å². The van der Waals surface area contributed by atoms with Gasteiger partial charge in [0.2, 0.25) is 5.88 Å². The van der Waals surface area contributed by atoms with Crippen molar-refractivity contribution < 1.29 is 14.2 Å². The third kappa shape index (κ3) is 2.37. The minimum Gasteiger partial charge on any atom is -0.508 e. The first-order valence-electron chi connectivity index (χ1n) is 8.36. The number of halogens is 1. The quantitative estimate of drug-likeness (QED) is 0.846. The van der Waals surface area contributed by atoms with Crippen LogP contribution < -0.4 is 10.5 Å². The number of pyridine rings is 1. The topological polar surface area (TPSA) is 80.7 Å². The van der Waals surface area contributed by atoms with E-state index in [2.05, 4.69) is 11.9 Å². The second kappa shape index (κ2) is 5.87. The average Bonchev–Trinajstić information content (AvgIpc) is 2.62. The van der Waals surface area contributed by atoms with Gasteiger partial charge in [-0.3, -0.25) is 4.99 Å². The maximum absolute atomic E-state index is 14.9. The number of phenolic OH excluding ortho intramolecular Hbond substituents is 1. The Kier molecular flexibility index (Phi) is 3.87. The van der Waals surface area contributed by atoms with Gasteiger partial charge in [0.1, 0.15) is 17.1 Å². The van der Waals surface area contributed by atoms with E-state index in [1.807, 2.05) is 6.07 Å². The maximum Gasteiger partial charge on any atom is 0.216 e. The lowest BCUT2D eigenvalue weighted by atomic mass is 9.59. The van der Waals surface area contributed by atoms with Gasteiger partial charge in [0.15, 0.2) is 5.17 Å². The summed E-state index contributed by atoms with van der Waals surface area (Å²) in [6, 6.07) is 6.08. The number of fused-ring (bicyclic) bond motifs is 2. The summed E-state index contributed by atoms with van der Waals surface area (Å²) in [5.41, 5.74) is 7.20. The molecule has 7 heteroatoms. The smallest absolute Gasteiger partial charge is 0.216 e. The zero-order valence-corrected chi connectivity index (χ0v) is 15.4. The van der Waals surface area contributed by atoms with Crippen molar-refractivity contribution in [3.63, 3.8) is 0 Å². The number of hydrogen-bond acceptors (Lipinski definition) is 6. The van der Waals surface area contributed by atoms with Crippen molar-refractivity contribution in [2.75, 3.05) is 12.9 Å². The molecule has 3 N–H and O–H groups in total. The van der Waals surface area contributed by atoms with Gasteiger partial charge in [0.25, 0.3) is 0 Å². The van der Waals surface area contributed by atoms with E-state index in [-0.39, 0.29) is 11.2 Å². The summed E-state index contributed by atoms with van der Waals surface area (Å²) in [6.45, 7) is 2.11. The molecule has 0 radical (unpaired) electrons. The van der Waals surface area contributed by atoms with Gasteiger partial charge >= 0.3 is 0 Å². The summed E-state index contributed by atoms with van der Waals surface area (Å²) in [5, 5.41) is 10.4. The van der Waals surface area contributed by atoms with Gasteiger partial charge in [-0.1, -0.05) is 18.7 Å². The van der Waals surface area contributed by atoms with Crippen LogP contribution in [0.2, 0.25) is 0 Å². The largest absolute Gasteiger partial charge is 0.508 e. The zero-order chi connectivity index (χ0) is 18.5. The number of ether oxygens (including phenoxy) is 1. The molecule has 2 aliphatic rings. The molecule has 0 bridgehead atoms. The predicted octanol–water partition coefficient (Wildman–Crippen LogP) is 3.00. The van der Waals surface area contributed by atoms with Crippen molar-refractivity contribution in [2.24, 2.45) is 16.1 Å². The van der Waals surface area contributed by atoms with Gasteiger partial charge < -0.3 is 15.6 Å². The van der Waals surface area contributed by atoms with Gasteiger partial charge in [-0.25, -0.2) is 9.37 Å². The molecule has 0 saturated heterocycles. The first-order valence-corrected chi connectivity index (χ1v) is 9.35. The molecular weight excluding hydrogens is 353 g/mol. The van der Waals surface area contributed by atoms with Gasteiger partial charge in [0, 0.05) is 34.9 Å². The second-order valence-corrected chi connectivity index (χ2v) is 8.13. The first kappa shape index (κ1) is 17.1. The van der Waals surface area contributed by atoms with E-state index in [4.69, 9.17) is 15.5 Å². The number of aromatic nitrogens is 1. The van der Waals surface area contributed by atoms with Crippen LogP contribution in [0.5, 0.6) is 11.6 Å². The Labute approximate surface area is 155 Å². The molecule has 26 heavy (non-hydrogen) atoms. The highest BCUT2D eigenvalue weighted by molar-refractivity contribution is 8.13. The van der Waals surface area contributed by atoms with E-state index in [1.54, 1.807) is 13.3 Å². The van der Waals surface area contributed by atoms with Crippen molar-refractivity contribution in [1.82, 2.24) is 4.98 Å². The molecule has 0 amide bonds. The fourth-order valence-corrected chi connectivity index (χ4v) is 5.21. The highest BCUT2D eigenvalue weighted by atomic mass is 32.2. The van der Waals surface area contributed by atoms with Crippen LogP contribution >= 0.6 is 11.8 Å². The third-order valence-corrected chi connectivity index (χ3v) is 6.72. The normalized spacial score (nSPS) is 27.3. The molecule has 0 unspecified atom stereocenters. The van der Waals surface area contributed by atoms with Crippen molar-refractivity contribution in [1.29, 1.82) is 0 Å². The number of nitrogens with zero attached hydrogens (tertiary/aromatic N) is 2. The van der Waals surface area contributed by atoms with Gasteiger partial charge in [-0.05, 0) is 36.2 Å². The monoisotopic (exact) mass is 373 g/mol. The number of nitrogens with two attached hydrogens (primary N) is 1. The second-order valence-electron chi connectivity index (χ2n) is 7.14. The summed E-state index contributed by atoms with van der Waals surface area (Å²) in [6.07, 6.45) is 2.84. The predicted molar refractivity (Wildman–Crippen MR) is 100 cm³/mol. The van der Waals surface area contributed by atoms with Crippen molar-refractivity contribution in [2.45, 2.75) is 25.3 Å². The van der Waals surface area contributed by atoms with Crippen molar-refractivity contribution >= 4 is 16.9 Å². The number of amidine groups is 1. The van der Waals surface area contributed by atoms with Crippen LogP contribution in [0.1, 0.15) is 23.6 Å². The summed E-state index contributed by atoms with van der Waals surface area (Å²) in [7, 11) is 1.58. The number of rotatable bonds is 2. The van der Waals surface area contributed by atoms with Crippen LogP contribution in [-0.4, -0.2) is 28.1 Å². The van der Waals surface area contributed by atoms with Crippen LogP contribution in [-0.2, 0) is 18.4 Å². The Morgan fingerprint density at radius 1 is 1.31 bits per heavy atom. The average molecular weight is 373 g/mol. The summed E-state index contributed by atoms with van der Waals surface area (Å²) >= 11 is 1.49. The fraction of sp³-hybridized carbons (Fsp3) is 0.368. The number of benzene rings is 1. The van der Waals surface area contributed by atoms with Gasteiger partial charge in [-0.15, -0.1) is 0 Å². The Morgan fingerprint density at radius 3 is 2.88 bits per heavy atom. The lowest BCUT2D eigenvalue weighted by molar-refractivity contribution is 0.146. The highest BCUT2D eigenvalue weighted by Crippen LogP contribution is 2.57. The minimum absolute atomic E-state index is 0.00840. The summed E-state index contributed by atoms with van der Waals surface area (Å²) in [4.78, 5) is 9.08. The lowest BCUT2D eigenvalue weighted by Gasteiger charge is -2.52. The number of aliphatic imine (C=N–C) groups is 1. The lowest BCUT2D eigenvalue weighted by Crippen LogP contribution is -2.54. The van der Waals surface area contributed by atoms with E-state index < -0.39 is 11.4 Å². The minimum atomic E-state index is -0.922. The number of methoxy groups -OCH3 is 1. The van der Waals surface area contributed by atoms with E-state index in [9.17, 15) is 9.50 Å². The number of phenols is 1. The Morgan fingerprint density at radius 2 is 2.12 bits per heavy atom. The van der Waals surface area contributed by atoms with Gasteiger partial charge in [0.05, 0.1) is 7.11 Å². The van der Waals surface area contributed by atoms with E-state index in [0.29, 0.717) is 35.2 Å². The van der Waals surface area contributed by atoms with Crippen molar-refractivity contribution in [3.05, 3.63) is 53.0 Å². The van der Waals surface area contributed by atoms with Crippen LogP contribution in [0.3, 0.4) is 0 Å². The molecular formula is C19H20FN3O2S. The zero-order valence-electron chi connectivity index (χ0n) is 14.6. The molecule has 1 aromatic heterocycles. The molecule has 0 saturated carbocycles. The molecule has 5 nitrogen and oxygen atoms in total. The number of thioether (sulfide) groups is 1. The molecule has 4 rings (SSSR count). The summed E-state index contributed by atoms with van der Waals surface area (Å²) in [5.74, 6) is 0.843. The third-order valence-electron chi connectivity index (χ3n) is 5.55. The standard InChI is InChI=1S/C19H20FN3O2S/c1-18-8-11-5-6-22-16(25-2)13(11)9-19(18,23-17(21)26-10-18)14-7-12(24)3-4-15(14)20/h3-7,24H,8-10H2,1-2H3,(H2,21,23)/t18-,19+/m0/s1. The molecule has 0 spiro atoms. The van der Waals surface area contributed by atoms with E-state index in [1.165, 1.54) is 30.0 Å². The number of aromatic hydroxyl groups is 1. The van der Waals surface area contributed by atoms with E-state index in [0.717, 1.165) is 11.1 Å². The Hall–Kier alpha value is -2.28.